The number of amides is 2. The van der Waals surface area contributed by atoms with E-state index < -0.39 is 28.5 Å². The summed E-state index contributed by atoms with van der Waals surface area (Å²) < 4.78 is 27.5. The molecule has 3 aromatic carbocycles. The minimum Gasteiger partial charge on any atom is -0.354 e. The quantitative estimate of drug-likeness (QED) is 0.441. The lowest BCUT2D eigenvalue weighted by Gasteiger charge is -2.30. The van der Waals surface area contributed by atoms with Crippen LogP contribution in [0.25, 0.3) is 10.8 Å². The Labute approximate surface area is 211 Å². The number of benzene rings is 3. The molecule has 0 spiro atoms. The molecule has 186 valence electrons. The summed E-state index contributed by atoms with van der Waals surface area (Å²) in [6, 6.07) is 18.5. The largest absolute Gasteiger partial charge is 0.354 e. The maximum atomic E-state index is 13.3. The van der Waals surface area contributed by atoms with Crippen LogP contribution in [0.2, 0.25) is 5.02 Å². The summed E-state index contributed by atoms with van der Waals surface area (Å²) in [6.07, 6.45) is 0.760. The van der Waals surface area contributed by atoms with Gasteiger partial charge in [0.05, 0.1) is 11.4 Å². The van der Waals surface area contributed by atoms with Gasteiger partial charge in [0.25, 0.3) is 0 Å². The SMILES string of the molecule is CCCNC(=O)C(C)N(Cc1ccc(Cl)cc1)C(=O)CN(C)S(=O)(=O)c1ccc2ccccc2c1. The second-order valence-electron chi connectivity index (χ2n) is 8.39. The summed E-state index contributed by atoms with van der Waals surface area (Å²) in [4.78, 5) is 27.5. The van der Waals surface area contributed by atoms with Gasteiger partial charge in [-0.1, -0.05) is 61.0 Å². The monoisotopic (exact) mass is 515 g/mol. The van der Waals surface area contributed by atoms with Crippen LogP contribution in [0.5, 0.6) is 0 Å². The summed E-state index contributed by atoms with van der Waals surface area (Å²) in [5.41, 5.74) is 0.776. The second-order valence-corrected chi connectivity index (χ2v) is 10.9. The maximum Gasteiger partial charge on any atom is 0.243 e. The van der Waals surface area contributed by atoms with Crippen molar-refractivity contribution in [2.24, 2.45) is 0 Å². The topological polar surface area (TPSA) is 86.8 Å². The van der Waals surface area contributed by atoms with Gasteiger partial charge in [-0.25, -0.2) is 8.42 Å². The molecular formula is C26H30ClN3O4S. The number of hydrogen-bond donors (Lipinski definition) is 1. The first kappa shape index (κ1) is 26.7. The summed E-state index contributed by atoms with van der Waals surface area (Å²) in [6.45, 7) is 3.79. The average Bonchev–Trinajstić information content (AvgIpc) is 2.85. The van der Waals surface area contributed by atoms with Crippen molar-refractivity contribution in [3.63, 3.8) is 0 Å². The summed E-state index contributed by atoms with van der Waals surface area (Å²) in [7, 11) is -2.56. The number of nitrogens with one attached hydrogen (secondary N) is 1. The number of rotatable bonds is 10. The van der Waals surface area contributed by atoms with Crippen LogP contribution < -0.4 is 5.32 Å². The molecule has 1 N–H and O–H groups in total. The van der Waals surface area contributed by atoms with E-state index in [2.05, 4.69) is 5.32 Å². The lowest BCUT2D eigenvalue weighted by atomic mass is 10.1. The van der Waals surface area contributed by atoms with Gasteiger partial charge in [-0.15, -0.1) is 0 Å². The second kappa shape index (κ2) is 11.7. The van der Waals surface area contributed by atoms with Gasteiger partial charge in [-0.2, -0.15) is 4.31 Å². The van der Waals surface area contributed by atoms with Gasteiger partial charge >= 0.3 is 0 Å². The predicted octanol–water partition coefficient (Wildman–Crippen LogP) is 4.06. The Kier molecular flexibility index (Phi) is 8.88. The fourth-order valence-corrected chi connectivity index (χ4v) is 4.92. The lowest BCUT2D eigenvalue weighted by Crippen LogP contribution is -2.50. The van der Waals surface area contributed by atoms with E-state index in [0.29, 0.717) is 11.6 Å². The number of sulfonamides is 1. The zero-order valence-electron chi connectivity index (χ0n) is 20.1. The molecule has 0 aliphatic heterocycles. The van der Waals surface area contributed by atoms with Crippen LogP contribution in [-0.2, 0) is 26.2 Å². The molecule has 3 aromatic rings. The van der Waals surface area contributed by atoms with E-state index in [-0.39, 0.29) is 17.3 Å². The Morgan fingerprint density at radius 3 is 2.31 bits per heavy atom. The van der Waals surface area contributed by atoms with E-state index in [0.717, 1.165) is 27.1 Å². The Morgan fingerprint density at radius 1 is 1.00 bits per heavy atom. The minimum absolute atomic E-state index is 0.101. The van der Waals surface area contributed by atoms with Crippen LogP contribution in [0, 0.1) is 0 Å². The molecule has 7 nitrogen and oxygen atoms in total. The van der Waals surface area contributed by atoms with Crippen molar-refractivity contribution in [2.75, 3.05) is 20.1 Å². The summed E-state index contributed by atoms with van der Waals surface area (Å²) in [5.74, 6) is -0.778. The van der Waals surface area contributed by atoms with E-state index in [1.807, 2.05) is 31.2 Å². The molecule has 2 amide bonds. The Morgan fingerprint density at radius 2 is 1.66 bits per heavy atom. The third-order valence-electron chi connectivity index (χ3n) is 5.77. The van der Waals surface area contributed by atoms with E-state index >= 15 is 0 Å². The number of fused-ring (bicyclic) bond motifs is 1. The molecule has 35 heavy (non-hydrogen) atoms. The van der Waals surface area contributed by atoms with E-state index in [4.69, 9.17) is 11.6 Å². The van der Waals surface area contributed by atoms with Gasteiger partial charge in [0.15, 0.2) is 0 Å². The average molecular weight is 516 g/mol. The van der Waals surface area contributed by atoms with Gasteiger partial charge in [-0.3, -0.25) is 9.59 Å². The zero-order valence-corrected chi connectivity index (χ0v) is 21.6. The summed E-state index contributed by atoms with van der Waals surface area (Å²) >= 11 is 5.98. The van der Waals surface area contributed by atoms with Gasteiger partial charge in [0.1, 0.15) is 6.04 Å². The van der Waals surface area contributed by atoms with Crippen molar-refractivity contribution in [3.8, 4) is 0 Å². The van der Waals surface area contributed by atoms with Gasteiger partial charge < -0.3 is 10.2 Å². The van der Waals surface area contributed by atoms with Gasteiger partial charge in [-0.05, 0) is 53.9 Å². The fourth-order valence-electron chi connectivity index (χ4n) is 3.64. The normalized spacial score (nSPS) is 12.5. The Hall–Kier alpha value is -2.94. The van der Waals surface area contributed by atoms with Crippen LogP contribution in [0.1, 0.15) is 25.8 Å². The first-order chi connectivity index (χ1) is 16.6. The van der Waals surface area contributed by atoms with Crippen molar-refractivity contribution in [3.05, 3.63) is 77.3 Å². The number of hydrogen-bond acceptors (Lipinski definition) is 4. The Balaban J connectivity index is 1.83. The summed E-state index contributed by atoms with van der Waals surface area (Å²) in [5, 5.41) is 5.07. The molecule has 0 aromatic heterocycles. The molecule has 0 aliphatic carbocycles. The van der Waals surface area contributed by atoms with Gasteiger partial charge in [0, 0.05) is 25.2 Å². The minimum atomic E-state index is -3.93. The van der Waals surface area contributed by atoms with Crippen molar-refractivity contribution >= 4 is 44.2 Å². The fraction of sp³-hybridized carbons (Fsp3) is 0.308. The predicted molar refractivity (Wildman–Crippen MR) is 139 cm³/mol. The maximum absolute atomic E-state index is 13.3. The molecule has 0 heterocycles. The van der Waals surface area contributed by atoms with E-state index in [1.54, 1.807) is 43.3 Å². The number of carbonyl (C=O) groups excluding carboxylic acids is 2. The van der Waals surface area contributed by atoms with Crippen LogP contribution in [-0.4, -0.2) is 55.6 Å². The third kappa shape index (κ3) is 6.60. The molecule has 0 saturated heterocycles. The molecule has 0 aliphatic rings. The van der Waals surface area contributed by atoms with Crippen LogP contribution in [0.3, 0.4) is 0 Å². The lowest BCUT2D eigenvalue weighted by molar-refractivity contribution is -0.140. The van der Waals surface area contributed by atoms with E-state index in [1.165, 1.54) is 18.0 Å². The highest BCUT2D eigenvalue weighted by Gasteiger charge is 2.30. The first-order valence-corrected chi connectivity index (χ1v) is 13.2. The zero-order chi connectivity index (χ0) is 25.6. The van der Waals surface area contributed by atoms with E-state index in [9.17, 15) is 18.0 Å². The highest BCUT2D eigenvalue weighted by molar-refractivity contribution is 7.89. The number of halogens is 1. The molecule has 0 saturated carbocycles. The standard InChI is InChI=1S/C26H30ClN3O4S/c1-4-15-28-26(32)19(2)30(17-20-9-12-23(27)13-10-20)25(31)18-29(3)35(33,34)24-14-11-21-7-5-6-8-22(21)16-24/h5-14,16,19H,4,15,17-18H2,1-3H3,(H,28,32). The van der Waals surface area contributed by atoms with Crippen molar-refractivity contribution < 1.29 is 18.0 Å². The van der Waals surface area contributed by atoms with Crippen molar-refractivity contribution in [1.29, 1.82) is 0 Å². The first-order valence-electron chi connectivity index (χ1n) is 11.4. The highest BCUT2D eigenvalue weighted by Crippen LogP contribution is 2.22. The van der Waals surface area contributed by atoms with Crippen molar-refractivity contribution in [1.82, 2.24) is 14.5 Å². The van der Waals surface area contributed by atoms with Crippen LogP contribution >= 0.6 is 11.6 Å². The molecule has 1 atom stereocenters. The molecular weight excluding hydrogens is 486 g/mol. The number of nitrogens with zero attached hydrogens (tertiary/aromatic N) is 2. The Bertz CT molecular complexity index is 1300. The van der Waals surface area contributed by atoms with Crippen LogP contribution in [0.15, 0.2) is 71.6 Å². The number of likely N-dealkylation sites (N-methyl/N-ethyl adjacent to an activating group) is 1. The molecule has 9 heteroatoms. The van der Waals surface area contributed by atoms with Crippen LogP contribution in [0.4, 0.5) is 0 Å². The highest BCUT2D eigenvalue weighted by atomic mass is 35.5. The smallest absolute Gasteiger partial charge is 0.243 e. The molecule has 0 radical (unpaired) electrons. The number of carbonyl (C=O) groups is 2. The van der Waals surface area contributed by atoms with Gasteiger partial charge in [0.2, 0.25) is 21.8 Å². The molecule has 0 fully saturated rings. The van der Waals surface area contributed by atoms with Crippen molar-refractivity contribution in [2.45, 2.75) is 37.8 Å². The third-order valence-corrected chi connectivity index (χ3v) is 7.82. The molecule has 0 bridgehead atoms. The molecule has 3 rings (SSSR count). The molecule has 1 unspecified atom stereocenters.